The summed E-state index contributed by atoms with van der Waals surface area (Å²) in [5.41, 5.74) is 0.205. The molecule has 0 unspecified atom stereocenters. The second-order valence-corrected chi connectivity index (χ2v) is 4.82. The van der Waals surface area contributed by atoms with Gasteiger partial charge in [-0.3, -0.25) is 0 Å². The van der Waals surface area contributed by atoms with Gasteiger partial charge in [-0.25, -0.2) is 0 Å². The van der Waals surface area contributed by atoms with E-state index >= 15 is 0 Å². The molecular formula is C5H7Cl2I. The van der Waals surface area contributed by atoms with Gasteiger partial charge in [0.25, 0.3) is 0 Å². The normalized spacial score (nSPS) is 42.0. The van der Waals surface area contributed by atoms with Gasteiger partial charge in [-0.2, -0.15) is 0 Å². The molecule has 3 heteroatoms. The molecule has 0 amide bonds. The van der Waals surface area contributed by atoms with Crippen molar-refractivity contribution in [2.45, 2.75) is 17.7 Å². The standard InChI is InChI=1S/C5H7Cl2I/c1-4(3-8)2-5(4,6)7/h2-3H2,1H3/t4-/m0/s1. The fourth-order valence-electron chi connectivity index (χ4n) is 0.591. The number of halogens is 3. The molecule has 0 saturated heterocycles. The van der Waals surface area contributed by atoms with Crippen LogP contribution in [-0.4, -0.2) is 8.76 Å². The summed E-state index contributed by atoms with van der Waals surface area (Å²) < 4.78 is 0.645. The SMILES string of the molecule is C[C@@]1(CI)CC1(Cl)Cl. The smallest absolute Gasteiger partial charge is 0.101 e. The van der Waals surface area contributed by atoms with Crippen LogP contribution >= 0.6 is 45.8 Å². The van der Waals surface area contributed by atoms with Crippen LogP contribution in [-0.2, 0) is 0 Å². The van der Waals surface area contributed by atoms with Gasteiger partial charge in [0.05, 0.1) is 0 Å². The predicted molar refractivity (Wildman–Crippen MR) is 46.0 cm³/mol. The summed E-state index contributed by atoms with van der Waals surface area (Å²) in [4.78, 5) is 0. The van der Waals surface area contributed by atoms with Crippen molar-refractivity contribution in [3.63, 3.8) is 0 Å². The molecule has 0 aromatic heterocycles. The molecule has 0 aliphatic heterocycles. The molecule has 0 nitrogen and oxygen atoms in total. The molecule has 1 saturated carbocycles. The van der Waals surface area contributed by atoms with Crippen LogP contribution in [0.15, 0.2) is 0 Å². The first-order chi connectivity index (χ1) is 3.52. The third-order valence-corrected chi connectivity index (χ3v) is 4.53. The molecule has 1 aliphatic carbocycles. The first-order valence-electron chi connectivity index (χ1n) is 2.46. The van der Waals surface area contributed by atoms with E-state index < -0.39 is 4.33 Å². The molecule has 1 fully saturated rings. The first-order valence-corrected chi connectivity index (χ1v) is 4.74. The van der Waals surface area contributed by atoms with Crippen molar-refractivity contribution in [3.8, 4) is 0 Å². The Bertz CT molecular complexity index is 113. The Balaban J connectivity index is 2.55. The molecule has 0 radical (unpaired) electrons. The summed E-state index contributed by atoms with van der Waals surface area (Å²) in [6, 6.07) is 0. The Morgan fingerprint density at radius 3 is 2.00 bits per heavy atom. The van der Waals surface area contributed by atoms with E-state index in [4.69, 9.17) is 23.2 Å². The molecule has 1 rings (SSSR count). The minimum atomic E-state index is -0.409. The summed E-state index contributed by atoms with van der Waals surface area (Å²) in [6.45, 7) is 2.11. The Labute approximate surface area is 73.1 Å². The third-order valence-electron chi connectivity index (χ3n) is 1.67. The first kappa shape index (κ1) is 7.42. The summed E-state index contributed by atoms with van der Waals surface area (Å²) in [5, 5.41) is 0. The minimum absolute atomic E-state index is 0.205. The number of hydrogen-bond acceptors (Lipinski definition) is 0. The fraction of sp³-hybridized carbons (Fsp3) is 1.00. The Morgan fingerprint density at radius 2 is 2.00 bits per heavy atom. The van der Waals surface area contributed by atoms with Crippen molar-refractivity contribution in [2.75, 3.05) is 4.43 Å². The molecule has 0 heterocycles. The molecule has 0 spiro atoms. The van der Waals surface area contributed by atoms with Gasteiger partial charge >= 0.3 is 0 Å². The quantitative estimate of drug-likeness (QED) is 0.505. The second-order valence-electron chi connectivity index (χ2n) is 2.58. The van der Waals surface area contributed by atoms with Gasteiger partial charge in [-0.15, -0.1) is 23.2 Å². The van der Waals surface area contributed by atoms with E-state index in [1.165, 1.54) is 0 Å². The molecular weight excluding hydrogens is 258 g/mol. The lowest BCUT2D eigenvalue weighted by Gasteiger charge is -2.04. The van der Waals surface area contributed by atoms with Crippen molar-refractivity contribution in [2.24, 2.45) is 5.41 Å². The number of hydrogen-bond donors (Lipinski definition) is 0. The summed E-state index contributed by atoms with van der Waals surface area (Å²) in [7, 11) is 0. The number of rotatable bonds is 1. The highest BCUT2D eigenvalue weighted by Crippen LogP contribution is 2.64. The van der Waals surface area contributed by atoms with Crippen LogP contribution in [0.2, 0.25) is 0 Å². The van der Waals surface area contributed by atoms with E-state index in [0.717, 1.165) is 10.8 Å². The van der Waals surface area contributed by atoms with E-state index in [1.807, 2.05) is 0 Å². The van der Waals surface area contributed by atoms with Gasteiger partial charge in [0, 0.05) is 9.84 Å². The van der Waals surface area contributed by atoms with Gasteiger partial charge in [0.2, 0.25) is 0 Å². The van der Waals surface area contributed by atoms with Crippen LogP contribution in [0.1, 0.15) is 13.3 Å². The van der Waals surface area contributed by atoms with Gasteiger partial charge < -0.3 is 0 Å². The lowest BCUT2D eigenvalue weighted by molar-refractivity contribution is 0.666. The highest BCUT2D eigenvalue weighted by Gasteiger charge is 2.61. The zero-order chi connectivity index (χ0) is 6.41. The monoisotopic (exact) mass is 264 g/mol. The van der Waals surface area contributed by atoms with Crippen LogP contribution < -0.4 is 0 Å². The molecule has 0 aromatic carbocycles. The maximum absolute atomic E-state index is 5.81. The summed E-state index contributed by atoms with van der Waals surface area (Å²) in [6.07, 6.45) is 0.950. The van der Waals surface area contributed by atoms with E-state index in [9.17, 15) is 0 Å². The van der Waals surface area contributed by atoms with Crippen LogP contribution in [0.4, 0.5) is 0 Å². The maximum Gasteiger partial charge on any atom is 0.125 e. The third kappa shape index (κ3) is 0.971. The predicted octanol–water partition coefficient (Wildman–Crippen LogP) is 3.01. The second kappa shape index (κ2) is 1.89. The van der Waals surface area contributed by atoms with Crippen molar-refractivity contribution >= 4 is 45.8 Å². The van der Waals surface area contributed by atoms with Crippen LogP contribution in [0.25, 0.3) is 0 Å². The lowest BCUT2D eigenvalue weighted by atomic mass is 10.2. The molecule has 1 atom stereocenters. The maximum atomic E-state index is 5.81. The Morgan fingerprint density at radius 1 is 1.62 bits per heavy atom. The van der Waals surface area contributed by atoms with Crippen LogP contribution in [0.3, 0.4) is 0 Å². The zero-order valence-electron chi connectivity index (χ0n) is 4.55. The molecule has 1 aliphatic rings. The molecule has 8 heavy (non-hydrogen) atoms. The van der Waals surface area contributed by atoms with Crippen LogP contribution in [0.5, 0.6) is 0 Å². The topological polar surface area (TPSA) is 0 Å². The molecule has 0 N–H and O–H groups in total. The van der Waals surface area contributed by atoms with Crippen molar-refractivity contribution in [1.29, 1.82) is 0 Å². The highest BCUT2D eigenvalue weighted by atomic mass is 127. The van der Waals surface area contributed by atoms with E-state index in [0.29, 0.717) is 0 Å². The van der Waals surface area contributed by atoms with Gasteiger partial charge in [0.15, 0.2) is 0 Å². The fourth-order valence-corrected chi connectivity index (χ4v) is 2.69. The minimum Gasteiger partial charge on any atom is -0.101 e. The Hall–Kier alpha value is 1.31. The van der Waals surface area contributed by atoms with Crippen molar-refractivity contribution < 1.29 is 0 Å². The van der Waals surface area contributed by atoms with Gasteiger partial charge in [-0.1, -0.05) is 29.5 Å². The largest absolute Gasteiger partial charge is 0.125 e. The zero-order valence-corrected chi connectivity index (χ0v) is 8.22. The van der Waals surface area contributed by atoms with Crippen molar-refractivity contribution in [1.82, 2.24) is 0 Å². The van der Waals surface area contributed by atoms with E-state index in [1.54, 1.807) is 0 Å². The highest BCUT2D eigenvalue weighted by molar-refractivity contribution is 14.1. The molecule has 48 valence electrons. The average molecular weight is 265 g/mol. The summed E-state index contributed by atoms with van der Waals surface area (Å²) in [5.74, 6) is 0. The Kier molecular flexibility index (Phi) is 1.76. The lowest BCUT2D eigenvalue weighted by Crippen LogP contribution is -2.04. The van der Waals surface area contributed by atoms with E-state index in [-0.39, 0.29) is 5.41 Å². The van der Waals surface area contributed by atoms with E-state index in [2.05, 4.69) is 29.5 Å². The molecule has 0 aromatic rings. The summed E-state index contributed by atoms with van der Waals surface area (Å²) >= 11 is 13.9. The van der Waals surface area contributed by atoms with Gasteiger partial charge in [-0.05, 0) is 6.42 Å². The molecule has 0 bridgehead atoms. The number of alkyl halides is 3. The van der Waals surface area contributed by atoms with Crippen LogP contribution in [0, 0.1) is 5.41 Å². The van der Waals surface area contributed by atoms with Gasteiger partial charge in [0.1, 0.15) is 4.33 Å². The average Bonchev–Trinajstić information content (AvgIpc) is 2.10. The van der Waals surface area contributed by atoms with Crippen molar-refractivity contribution in [3.05, 3.63) is 0 Å².